The Kier molecular flexibility index (Phi) is 0.898. The molecule has 3 aliphatic rings. The SMILES string of the molecule is C1=C[C@H]2CC[C@H]3C[C@@H]1C[C@H]32. The van der Waals surface area contributed by atoms with Crippen molar-refractivity contribution in [2.45, 2.75) is 25.7 Å². The van der Waals surface area contributed by atoms with Crippen LogP contribution in [0.4, 0.5) is 0 Å². The van der Waals surface area contributed by atoms with Crippen molar-refractivity contribution < 1.29 is 0 Å². The van der Waals surface area contributed by atoms with Gasteiger partial charge in [0.15, 0.2) is 0 Å². The third-order valence-corrected chi connectivity index (χ3v) is 3.84. The van der Waals surface area contributed by atoms with E-state index in [1.807, 2.05) is 0 Å². The Morgan fingerprint density at radius 2 is 2.00 bits per heavy atom. The lowest BCUT2D eigenvalue weighted by molar-refractivity contribution is 0.394. The second-order valence-corrected chi connectivity index (χ2v) is 4.28. The van der Waals surface area contributed by atoms with Gasteiger partial charge in [0.25, 0.3) is 0 Å². The van der Waals surface area contributed by atoms with Gasteiger partial charge in [0.05, 0.1) is 0 Å². The molecule has 2 bridgehead atoms. The normalized spacial score (nSPS) is 56.0. The summed E-state index contributed by atoms with van der Waals surface area (Å²) in [7, 11) is 0. The fraction of sp³-hybridized carbons (Fsp3) is 0.800. The molecular formula is C10H14. The highest BCUT2D eigenvalue weighted by molar-refractivity contribution is 5.10. The number of hydrogen-bond donors (Lipinski definition) is 0. The van der Waals surface area contributed by atoms with Gasteiger partial charge in [-0.2, -0.15) is 0 Å². The Labute approximate surface area is 62.3 Å². The van der Waals surface area contributed by atoms with Gasteiger partial charge in [0, 0.05) is 0 Å². The summed E-state index contributed by atoms with van der Waals surface area (Å²) in [4.78, 5) is 0. The van der Waals surface area contributed by atoms with Crippen molar-refractivity contribution in [1.29, 1.82) is 0 Å². The van der Waals surface area contributed by atoms with Gasteiger partial charge in [-0.25, -0.2) is 0 Å². The minimum absolute atomic E-state index is 0.992. The van der Waals surface area contributed by atoms with Crippen LogP contribution in [0.3, 0.4) is 0 Å². The third kappa shape index (κ3) is 0.531. The molecule has 0 amide bonds. The van der Waals surface area contributed by atoms with Gasteiger partial charge >= 0.3 is 0 Å². The fourth-order valence-corrected chi connectivity index (χ4v) is 3.37. The van der Waals surface area contributed by atoms with Gasteiger partial charge in [-0.3, -0.25) is 0 Å². The van der Waals surface area contributed by atoms with Crippen molar-refractivity contribution in [3.8, 4) is 0 Å². The van der Waals surface area contributed by atoms with Crippen LogP contribution in [0.1, 0.15) is 25.7 Å². The molecule has 3 rings (SSSR count). The highest BCUT2D eigenvalue weighted by Gasteiger charge is 2.43. The van der Waals surface area contributed by atoms with Gasteiger partial charge in [-0.15, -0.1) is 0 Å². The Bertz CT molecular complexity index is 178. The van der Waals surface area contributed by atoms with Gasteiger partial charge in [0.2, 0.25) is 0 Å². The zero-order chi connectivity index (χ0) is 6.55. The predicted octanol–water partition coefficient (Wildman–Crippen LogP) is 2.61. The van der Waals surface area contributed by atoms with Crippen molar-refractivity contribution in [2.24, 2.45) is 23.7 Å². The number of fused-ring (bicyclic) bond motifs is 1. The van der Waals surface area contributed by atoms with Crippen LogP contribution in [0.5, 0.6) is 0 Å². The molecule has 0 heteroatoms. The van der Waals surface area contributed by atoms with E-state index in [9.17, 15) is 0 Å². The second-order valence-electron chi connectivity index (χ2n) is 4.28. The average Bonchev–Trinajstić information content (AvgIpc) is 2.38. The maximum absolute atomic E-state index is 2.51. The van der Waals surface area contributed by atoms with Crippen molar-refractivity contribution in [1.82, 2.24) is 0 Å². The topological polar surface area (TPSA) is 0 Å². The molecule has 2 saturated carbocycles. The van der Waals surface area contributed by atoms with E-state index in [1.165, 1.54) is 25.7 Å². The molecule has 3 aliphatic carbocycles. The van der Waals surface area contributed by atoms with E-state index < -0.39 is 0 Å². The number of rotatable bonds is 0. The highest BCUT2D eigenvalue weighted by Crippen LogP contribution is 2.53. The average molecular weight is 134 g/mol. The smallest absolute Gasteiger partial charge is 0.0202 e. The predicted molar refractivity (Wildman–Crippen MR) is 41.6 cm³/mol. The molecule has 10 heavy (non-hydrogen) atoms. The van der Waals surface area contributed by atoms with Crippen molar-refractivity contribution in [2.75, 3.05) is 0 Å². The van der Waals surface area contributed by atoms with Gasteiger partial charge in [-0.05, 0) is 49.4 Å². The summed E-state index contributed by atoms with van der Waals surface area (Å²) >= 11 is 0. The molecule has 0 unspecified atom stereocenters. The van der Waals surface area contributed by atoms with Gasteiger partial charge < -0.3 is 0 Å². The summed E-state index contributed by atoms with van der Waals surface area (Å²) in [6.07, 6.45) is 11.1. The molecule has 0 aromatic rings. The van der Waals surface area contributed by atoms with Crippen LogP contribution >= 0.6 is 0 Å². The van der Waals surface area contributed by atoms with E-state index >= 15 is 0 Å². The first-order valence-electron chi connectivity index (χ1n) is 4.62. The van der Waals surface area contributed by atoms with Crippen molar-refractivity contribution in [3.05, 3.63) is 12.2 Å². The largest absolute Gasteiger partial charge is 0.0851 e. The Balaban J connectivity index is 2.04. The Morgan fingerprint density at radius 1 is 1.00 bits per heavy atom. The van der Waals surface area contributed by atoms with Crippen molar-refractivity contribution in [3.63, 3.8) is 0 Å². The lowest BCUT2D eigenvalue weighted by atomic mass is 9.87. The quantitative estimate of drug-likeness (QED) is 0.447. The molecule has 4 atom stereocenters. The zero-order valence-electron chi connectivity index (χ0n) is 6.29. The molecule has 0 heterocycles. The van der Waals surface area contributed by atoms with Crippen LogP contribution in [0.25, 0.3) is 0 Å². The summed E-state index contributed by atoms with van der Waals surface area (Å²) in [5, 5.41) is 0. The standard InChI is InChI=1S/C10H14/c1-2-8-3-4-9-5-7(1)6-10(8)9/h1-2,7-10H,3-6H2/t7-,8+,9+,10+/m1/s1. The van der Waals surface area contributed by atoms with Gasteiger partial charge in [-0.1, -0.05) is 12.2 Å². The van der Waals surface area contributed by atoms with Crippen LogP contribution in [0.15, 0.2) is 12.2 Å². The first-order chi connectivity index (χ1) is 4.93. The summed E-state index contributed by atoms with van der Waals surface area (Å²) < 4.78 is 0. The zero-order valence-corrected chi connectivity index (χ0v) is 6.29. The van der Waals surface area contributed by atoms with Crippen LogP contribution < -0.4 is 0 Å². The first-order valence-corrected chi connectivity index (χ1v) is 4.62. The van der Waals surface area contributed by atoms with E-state index in [4.69, 9.17) is 0 Å². The monoisotopic (exact) mass is 134 g/mol. The van der Waals surface area contributed by atoms with Crippen LogP contribution in [0.2, 0.25) is 0 Å². The van der Waals surface area contributed by atoms with E-state index in [1.54, 1.807) is 0 Å². The molecular weight excluding hydrogens is 120 g/mol. The van der Waals surface area contributed by atoms with E-state index in [2.05, 4.69) is 12.2 Å². The first kappa shape index (κ1) is 5.40. The van der Waals surface area contributed by atoms with Gasteiger partial charge in [0.1, 0.15) is 0 Å². The van der Waals surface area contributed by atoms with Crippen LogP contribution in [0, 0.1) is 23.7 Å². The molecule has 0 spiro atoms. The minimum atomic E-state index is 0.992. The lowest BCUT2D eigenvalue weighted by Gasteiger charge is -2.18. The van der Waals surface area contributed by atoms with Crippen LogP contribution in [-0.4, -0.2) is 0 Å². The Hall–Kier alpha value is -0.260. The summed E-state index contributed by atoms with van der Waals surface area (Å²) in [6.45, 7) is 0. The molecule has 2 fully saturated rings. The van der Waals surface area contributed by atoms with E-state index in [0.717, 1.165) is 23.7 Å². The van der Waals surface area contributed by atoms with Crippen LogP contribution in [-0.2, 0) is 0 Å². The number of hydrogen-bond acceptors (Lipinski definition) is 0. The molecule has 0 aromatic heterocycles. The second kappa shape index (κ2) is 1.66. The maximum Gasteiger partial charge on any atom is -0.0202 e. The van der Waals surface area contributed by atoms with Crippen molar-refractivity contribution >= 4 is 0 Å². The molecule has 0 radical (unpaired) electrons. The fourth-order valence-electron chi connectivity index (χ4n) is 3.37. The third-order valence-electron chi connectivity index (χ3n) is 3.84. The molecule has 0 nitrogen and oxygen atoms in total. The number of allylic oxidation sites excluding steroid dienone is 2. The molecule has 54 valence electrons. The summed E-state index contributed by atoms with van der Waals surface area (Å²) in [5.74, 6) is 4.25. The van der Waals surface area contributed by atoms with E-state index in [-0.39, 0.29) is 0 Å². The molecule has 0 aromatic carbocycles. The van der Waals surface area contributed by atoms with E-state index in [0.29, 0.717) is 0 Å². The summed E-state index contributed by atoms with van der Waals surface area (Å²) in [5.41, 5.74) is 0. The maximum atomic E-state index is 2.51. The molecule has 0 aliphatic heterocycles. The lowest BCUT2D eigenvalue weighted by Crippen LogP contribution is -2.09. The highest BCUT2D eigenvalue weighted by atomic mass is 14.5. The Morgan fingerprint density at radius 3 is 3.00 bits per heavy atom. The minimum Gasteiger partial charge on any atom is -0.0851 e. The molecule has 0 saturated heterocycles. The summed E-state index contributed by atoms with van der Waals surface area (Å²) in [6, 6.07) is 0. The molecule has 0 N–H and O–H groups in total.